The lowest BCUT2D eigenvalue weighted by atomic mass is 10.1. The van der Waals surface area contributed by atoms with Gasteiger partial charge in [-0.25, -0.2) is 0 Å². The highest BCUT2D eigenvalue weighted by atomic mass is 16.7. The van der Waals surface area contributed by atoms with Crippen molar-refractivity contribution in [2.45, 2.75) is 12.8 Å². The van der Waals surface area contributed by atoms with Crippen molar-refractivity contribution in [1.29, 1.82) is 0 Å². The van der Waals surface area contributed by atoms with Crippen molar-refractivity contribution in [3.63, 3.8) is 0 Å². The molecule has 0 saturated heterocycles. The minimum Gasteiger partial charge on any atom is -0.469 e. The third-order valence-corrected chi connectivity index (χ3v) is 2.09. The van der Waals surface area contributed by atoms with Crippen LogP contribution in [-0.4, -0.2) is 27.0 Å². The Kier molecular flexibility index (Phi) is 5.36. The van der Waals surface area contributed by atoms with E-state index in [2.05, 4.69) is 4.74 Å². The van der Waals surface area contributed by atoms with Gasteiger partial charge in [-0.3, -0.25) is 4.79 Å². The molecule has 1 aromatic carbocycles. The quantitative estimate of drug-likeness (QED) is 0.545. The Morgan fingerprint density at radius 3 is 2.81 bits per heavy atom. The number of aryl methyl sites for hydroxylation is 1. The lowest BCUT2D eigenvalue weighted by Gasteiger charge is -2.06. The zero-order valence-corrected chi connectivity index (χ0v) is 9.56. The Hall–Kier alpha value is -1.55. The monoisotopic (exact) mass is 224 g/mol. The molecule has 1 rings (SSSR count). The molecule has 16 heavy (non-hydrogen) atoms. The van der Waals surface area contributed by atoms with Crippen LogP contribution in [0.4, 0.5) is 0 Å². The number of hydrogen-bond donors (Lipinski definition) is 0. The van der Waals surface area contributed by atoms with E-state index in [-0.39, 0.29) is 12.8 Å². The number of carbonyl (C=O) groups is 1. The molecular formula is C12H16O4. The Morgan fingerprint density at radius 1 is 1.31 bits per heavy atom. The van der Waals surface area contributed by atoms with Gasteiger partial charge in [-0.2, -0.15) is 0 Å². The third kappa shape index (κ3) is 4.31. The molecule has 0 bridgehead atoms. The molecule has 0 heterocycles. The second-order valence-electron chi connectivity index (χ2n) is 3.27. The molecule has 1 aromatic rings. The first kappa shape index (κ1) is 12.5. The summed E-state index contributed by atoms with van der Waals surface area (Å²) < 4.78 is 14.7. The zero-order valence-electron chi connectivity index (χ0n) is 9.56. The highest BCUT2D eigenvalue weighted by Crippen LogP contribution is 2.14. The minimum atomic E-state index is -0.205. The molecule has 0 saturated carbocycles. The van der Waals surface area contributed by atoms with Gasteiger partial charge < -0.3 is 14.2 Å². The molecule has 0 fully saturated rings. The second kappa shape index (κ2) is 6.85. The van der Waals surface area contributed by atoms with Crippen LogP contribution in [0, 0.1) is 0 Å². The number of rotatable bonds is 6. The van der Waals surface area contributed by atoms with Crippen LogP contribution >= 0.6 is 0 Å². The van der Waals surface area contributed by atoms with Crippen molar-refractivity contribution in [1.82, 2.24) is 0 Å². The Morgan fingerprint density at radius 2 is 2.12 bits per heavy atom. The van der Waals surface area contributed by atoms with Crippen LogP contribution in [0.5, 0.6) is 5.75 Å². The van der Waals surface area contributed by atoms with Gasteiger partial charge in [0.25, 0.3) is 0 Å². The van der Waals surface area contributed by atoms with Gasteiger partial charge in [0.15, 0.2) is 6.79 Å². The van der Waals surface area contributed by atoms with Crippen molar-refractivity contribution in [3.05, 3.63) is 29.8 Å². The maximum absolute atomic E-state index is 11.0. The van der Waals surface area contributed by atoms with Crippen molar-refractivity contribution < 1.29 is 19.0 Å². The van der Waals surface area contributed by atoms with E-state index in [4.69, 9.17) is 9.47 Å². The predicted molar refractivity (Wildman–Crippen MR) is 59.3 cm³/mol. The summed E-state index contributed by atoms with van der Waals surface area (Å²) >= 11 is 0. The molecular weight excluding hydrogens is 208 g/mol. The largest absolute Gasteiger partial charge is 0.469 e. The van der Waals surface area contributed by atoms with E-state index in [1.54, 1.807) is 7.11 Å². The third-order valence-electron chi connectivity index (χ3n) is 2.09. The summed E-state index contributed by atoms with van der Waals surface area (Å²) in [6, 6.07) is 7.57. The summed E-state index contributed by atoms with van der Waals surface area (Å²) in [5.41, 5.74) is 1.04. The number of esters is 1. The summed E-state index contributed by atoms with van der Waals surface area (Å²) in [5, 5.41) is 0. The van der Waals surface area contributed by atoms with E-state index >= 15 is 0 Å². The van der Waals surface area contributed by atoms with E-state index in [0.29, 0.717) is 12.8 Å². The van der Waals surface area contributed by atoms with Crippen molar-refractivity contribution in [2.75, 3.05) is 21.0 Å². The van der Waals surface area contributed by atoms with Crippen LogP contribution in [0.15, 0.2) is 24.3 Å². The number of carbonyl (C=O) groups excluding carboxylic acids is 1. The first-order chi connectivity index (χ1) is 7.76. The van der Waals surface area contributed by atoms with Gasteiger partial charge in [-0.15, -0.1) is 0 Å². The van der Waals surface area contributed by atoms with E-state index in [1.807, 2.05) is 24.3 Å². The molecule has 4 heteroatoms. The molecule has 0 aliphatic rings. The highest BCUT2D eigenvalue weighted by molar-refractivity contribution is 5.69. The van der Waals surface area contributed by atoms with Crippen LogP contribution < -0.4 is 4.74 Å². The molecule has 0 unspecified atom stereocenters. The van der Waals surface area contributed by atoms with Crippen LogP contribution in [0.25, 0.3) is 0 Å². The molecule has 88 valence electrons. The number of ether oxygens (including phenoxy) is 3. The summed E-state index contributed by atoms with van der Waals surface area (Å²) in [6.45, 7) is 0.223. The first-order valence-corrected chi connectivity index (χ1v) is 5.03. The number of hydrogen-bond acceptors (Lipinski definition) is 4. The van der Waals surface area contributed by atoms with E-state index in [1.165, 1.54) is 7.11 Å². The van der Waals surface area contributed by atoms with Gasteiger partial charge in [-0.1, -0.05) is 12.1 Å². The molecule has 0 aliphatic carbocycles. The van der Waals surface area contributed by atoms with Gasteiger partial charge in [0.1, 0.15) is 5.75 Å². The summed E-state index contributed by atoms with van der Waals surface area (Å²) in [5.74, 6) is 0.535. The lowest BCUT2D eigenvalue weighted by Crippen LogP contribution is -2.02. The summed E-state index contributed by atoms with van der Waals surface area (Å²) in [6.07, 6.45) is 1.03. The normalized spacial score (nSPS) is 9.88. The fourth-order valence-corrected chi connectivity index (χ4v) is 1.27. The van der Waals surface area contributed by atoms with Gasteiger partial charge in [0, 0.05) is 13.5 Å². The summed E-state index contributed by atoms with van der Waals surface area (Å²) in [7, 11) is 2.96. The smallest absolute Gasteiger partial charge is 0.305 e. The number of benzene rings is 1. The molecule has 0 aliphatic heterocycles. The molecule has 0 aromatic heterocycles. The zero-order chi connectivity index (χ0) is 11.8. The van der Waals surface area contributed by atoms with E-state index < -0.39 is 0 Å². The van der Waals surface area contributed by atoms with Crippen molar-refractivity contribution in [2.24, 2.45) is 0 Å². The van der Waals surface area contributed by atoms with Crippen LogP contribution in [0.2, 0.25) is 0 Å². The molecule has 4 nitrogen and oxygen atoms in total. The fraction of sp³-hybridized carbons (Fsp3) is 0.417. The fourth-order valence-electron chi connectivity index (χ4n) is 1.27. The Labute approximate surface area is 95.1 Å². The van der Waals surface area contributed by atoms with E-state index in [0.717, 1.165) is 11.3 Å². The van der Waals surface area contributed by atoms with Crippen LogP contribution in [0.1, 0.15) is 12.0 Å². The minimum absolute atomic E-state index is 0.205. The first-order valence-electron chi connectivity index (χ1n) is 5.03. The molecule has 0 radical (unpaired) electrons. The molecule has 0 N–H and O–H groups in total. The molecule has 0 amide bonds. The average Bonchev–Trinajstić information content (AvgIpc) is 2.34. The van der Waals surface area contributed by atoms with Gasteiger partial charge in [0.05, 0.1) is 7.11 Å². The van der Waals surface area contributed by atoms with Crippen molar-refractivity contribution >= 4 is 5.97 Å². The van der Waals surface area contributed by atoms with Crippen LogP contribution in [0.3, 0.4) is 0 Å². The second-order valence-corrected chi connectivity index (χ2v) is 3.27. The standard InChI is InChI=1S/C12H16O4/c1-14-9-16-11-5-3-4-10(8-11)6-7-12(13)15-2/h3-5,8H,6-7,9H2,1-2H3. The van der Waals surface area contributed by atoms with Crippen LogP contribution in [-0.2, 0) is 20.7 Å². The lowest BCUT2D eigenvalue weighted by molar-refractivity contribution is -0.140. The van der Waals surface area contributed by atoms with Crippen molar-refractivity contribution in [3.8, 4) is 5.75 Å². The topological polar surface area (TPSA) is 44.8 Å². The van der Waals surface area contributed by atoms with Gasteiger partial charge >= 0.3 is 5.97 Å². The summed E-state index contributed by atoms with van der Waals surface area (Å²) in [4.78, 5) is 11.0. The molecule has 0 atom stereocenters. The van der Waals surface area contributed by atoms with E-state index in [9.17, 15) is 4.79 Å². The SMILES string of the molecule is COCOc1cccc(CCC(=O)OC)c1. The predicted octanol–water partition coefficient (Wildman–Crippen LogP) is 1.77. The maximum atomic E-state index is 11.0. The Balaban J connectivity index is 2.50. The maximum Gasteiger partial charge on any atom is 0.305 e. The van der Waals surface area contributed by atoms with Gasteiger partial charge in [-0.05, 0) is 24.1 Å². The molecule has 0 spiro atoms. The highest BCUT2D eigenvalue weighted by Gasteiger charge is 2.02. The number of methoxy groups -OCH3 is 2. The van der Waals surface area contributed by atoms with Gasteiger partial charge in [0.2, 0.25) is 0 Å². The Bertz CT molecular complexity index is 336. The average molecular weight is 224 g/mol.